The minimum absolute atomic E-state index is 0.233. The fourth-order valence-electron chi connectivity index (χ4n) is 2.69. The highest BCUT2D eigenvalue weighted by Gasteiger charge is 2.12. The molecule has 0 spiro atoms. The Labute approximate surface area is 150 Å². The summed E-state index contributed by atoms with van der Waals surface area (Å²) in [7, 11) is 0. The van der Waals surface area contributed by atoms with Crippen LogP contribution in [0.2, 0.25) is 5.02 Å². The number of hydrogen-bond donors (Lipinski definition) is 1. The summed E-state index contributed by atoms with van der Waals surface area (Å²) < 4.78 is 7.32. The maximum absolute atomic E-state index is 11.9. The summed E-state index contributed by atoms with van der Waals surface area (Å²) in [6.07, 6.45) is 1.61. The summed E-state index contributed by atoms with van der Waals surface area (Å²) >= 11 is 6.31. The molecule has 25 heavy (non-hydrogen) atoms. The average molecular weight is 356 g/mol. The first kappa shape index (κ1) is 17.0. The second kappa shape index (κ2) is 6.99. The third-order valence-corrected chi connectivity index (χ3v) is 4.22. The first-order valence-electron chi connectivity index (χ1n) is 7.81. The van der Waals surface area contributed by atoms with Crippen LogP contribution in [0.3, 0.4) is 0 Å². The maximum Gasteiger partial charge on any atom is 0.307 e. The number of aromatic nitrogens is 1. The zero-order chi connectivity index (χ0) is 18.0. The molecule has 3 rings (SSSR count). The van der Waals surface area contributed by atoms with Crippen LogP contribution in [0.15, 0.2) is 52.0 Å². The summed E-state index contributed by atoms with van der Waals surface area (Å²) in [6, 6.07) is 13.0. The molecular formula is C19H18ClN3O2. The first-order chi connectivity index (χ1) is 12.0. The average Bonchev–Trinajstić information content (AvgIpc) is 3.12. The number of halogens is 1. The Hall–Kier alpha value is -2.79. The fraction of sp³-hybridized carbons (Fsp3) is 0.158. The van der Waals surface area contributed by atoms with Gasteiger partial charge in [-0.15, -0.1) is 0 Å². The maximum atomic E-state index is 11.9. The van der Waals surface area contributed by atoms with Crippen molar-refractivity contribution >= 4 is 23.7 Å². The molecular weight excluding hydrogens is 338 g/mol. The molecule has 0 unspecified atom stereocenters. The Kier molecular flexibility index (Phi) is 4.76. The summed E-state index contributed by atoms with van der Waals surface area (Å²) in [4.78, 5) is 11.9. The summed E-state index contributed by atoms with van der Waals surface area (Å²) in [5.74, 6) is 0.526. The molecule has 0 radical (unpaired) electrons. The lowest BCUT2D eigenvalue weighted by Crippen LogP contribution is -2.16. The number of benzene rings is 1. The van der Waals surface area contributed by atoms with E-state index in [-0.39, 0.29) is 11.7 Å². The Morgan fingerprint density at radius 3 is 2.64 bits per heavy atom. The minimum Gasteiger partial charge on any atom is -0.456 e. The largest absolute Gasteiger partial charge is 0.456 e. The number of nitrogens with zero attached hydrogens (tertiary/aromatic N) is 2. The molecule has 1 aromatic carbocycles. The van der Waals surface area contributed by atoms with Crippen LogP contribution in [0.4, 0.5) is 0 Å². The van der Waals surface area contributed by atoms with E-state index in [4.69, 9.17) is 16.0 Å². The molecule has 5 nitrogen and oxygen atoms in total. The van der Waals surface area contributed by atoms with Crippen LogP contribution >= 0.6 is 11.6 Å². The molecule has 2 aromatic heterocycles. The van der Waals surface area contributed by atoms with Gasteiger partial charge in [-0.2, -0.15) is 5.10 Å². The second-order valence-corrected chi connectivity index (χ2v) is 6.13. The molecule has 1 N–H and O–H groups in total. The Morgan fingerprint density at radius 1 is 1.20 bits per heavy atom. The van der Waals surface area contributed by atoms with Crippen molar-refractivity contribution < 1.29 is 9.21 Å². The molecule has 1 amide bonds. The minimum atomic E-state index is -0.385. The van der Waals surface area contributed by atoms with E-state index in [0.29, 0.717) is 10.8 Å². The number of nitrogens with one attached hydrogen (secondary N) is 1. The van der Waals surface area contributed by atoms with Crippen molar-refractivity contribution in [2.45, 2.75) is 20.8 Å². The van der Waals surface area contributed by atoms with Crippen LogP contribution in [0, 0.1) is 20.8 Å². The zero-order valence-electron chi connectivity index (χ0n) is 14.2. The van der Waals surface area contributed by atoms with E-state index in [2.05, 4.69) is 15.1 Å². The lowest BCUT2D eigenvalue weighted by molar-refractivity contribution is 0.0926. The van der Waals surface area contributed by atoms with E-state index < -0.39 is 0 Å². The molecule has 2 heterocycles. The van der Waals surface area contributed by atoms with E-state index in [1.807, 2.05) is 44.2 Å². The number of carbonyl (C=O) groups is 1. The lowest BCUT2D eigenvalue weighted by Gasteiger charge is -2.11. The number of aryl methyl sites for hydroxylation is 2. The van der Waals surface area contributed by atoms with Crippen LogP contribution in [-0.4, -0.2) is 16.7 Å². The molecule has 0 aliphatic heterocycles. The number of para-hydroxylation sites is 1. The van der Waals surface area contributed by atoms with E-state index in [1.54, 1.807) is 25.3 Å². The van der Waals surface area contributed by atoms with Gasteiger partial charge in [0.15, 0.2) is 5.76 Å². The number of furan rings is 1. The topological polar surface area (TPSA) is 59.5 Å². The predicted molar refractivity (Wildman–Crippen MR) is 98.8 cm³/mol. The van der Waals surface area contributed by atoms with Gasteiger partial charge in [0, 0.05) is 17.0 Å². The van der Waals surface area contributed by atoms with Crippen LogP contribution in [0.1, 0.15) is 33.3 Å². The van der Waals surface area contributed by atoms with Gasteiger partial charge in [0.1, 0.15) is 5.76 Å². The standard InChI is InChI=1S/C19H18ClN3O2/c1-12-10-15(11-21-22-19(24)18-9-8-13(2)25-18)14(3)23(12)17-7-5-4-6-16(17)20/h4-11H,1-3H3,(H,22,24)/b21-11-. The van der Waals surface area contributed by atoms with Gasteiger partial charge < -0.3 is 8.98 Å². The van der Waals surface area contributed by atoms with Crippen LogP contribution < -0.4 is 5.43 Å². The van der Waals surface area contributed by atoms with Gasteiger partial charge in [0.25, 0.3) is 0 Å². The van der Waals surface area contributed by atoms with Gasteiger partial charge in [-0.25, -0.2) is 5.43 Å². The summed E-state index contributed by atoms with van der Waals surface area (Å²) in [5, 5.41) is 4.70. The smallest absolute Gasteiger partial charge is 0.307 e. The highest BCUT2D eigenvalue weighted by molar-refractivity contribution is 6.32. The van der Waals surface area contributed by atoms with E-state index in [1.165, 1.54) is 0 Å². The quantitative estimate of drug-likeness (QED) is 0.556. The number of rotatable bonds is 4. The second-order valence-electron chi connectivity index (χ2n) is 5.72. The van der Waals surface area contributed by atoms with Crippen molar-refractivity contribution in [3.8, 4) is 5.69 Å². The van der Waals surface area contributed by atoms with Gasteiger partial charge in [-0.05, 0) is 51.1 Å². The lowest BCUT2D eigenvalue weighted by atomic mass is 10.2. The molecule has 0 aliphatic carbocycles. The molecule has 0 bridgehead atoms. The Balaban J connectivity index is 1.81. The highest BCUT2D eigenvalue weighted by Crippen LogP contribution is 2.25. The number of hydrazone groups is 1. The molecule has 0 fully saturated rings. The molecule has 3 aromatic rings. The fourth-order valence-corrected chi connectivity index (χ4v) is 2.91. The number of amides is 1. The number of hydrogen-bond acceptors (Lipinski definition) is 3. The van der Waals surface area contributed by atoms with Crippen LogP contribution in [-0.2, 0) is 0 Å². The third-order valence-electron chi connectivity index (χ3n) is 3.90. The molecule has 0 aliphatic rings. The predicted octanol–water partition coefficient (Wildman–Crippen LogP) is 4.41. The van der Waals surface area contributed by atoms with Gasteiger partial charge in [0.2, 0.25) is 0 Å². The van der Waals surface area contributed by atoms with Crippen molar-refractivity contribution in [3.05, 3.63) is 76.0 Å². The van der Waals surface area contributed by atoms with Crippen LogP contribution in [0.25, 0.3) is 5.69 Å². The molecule has 0 saturated carbocycles. The van der Waals surface area contributed by atoms with Crippen molar-refractivity contribution in [1.29, 1.82) is 0 Å². The Bertz CT molecular complexity index is 953. The summed E-state index contributed by atoms with van der Waals surface area (Å²) in [6.45, 7) is 5.76. The SMILES string of the molecule is Cc1ccc(C(=O)N/N=C\c2cc(C)n(-c3ccccc3Cl)c2C)o1. The van der Waals surface area contributed by atoms with Crippen LogP contribution in [0.5, 0.6) is 0 Å². The van der Waals surface area contributed by atoms with Gasteiger partial charge in [0.05, 0.1) is 16.9 Å². The van der Waals surface area contributed by atoms with E-state index in [0.717, 1.165) is 22.6 Å². The normalized spacial score (nSPS) is 11.2. The first-order valence-corrected chi connectivity index (χ1v) is 8.19. The van der Waals surface area contributed by atoms with Crippen molar-refractivity contribution in [2.24, 2.45) is 5.10 Å². The Morgan fingerprint density at radius 2 is 1.96 bits per heavy atom. The van der Waals surface area contributed by atoms with Gasteiger partial charge in [-0.1, -0.05) is 23.7 Å². The summed E-state index contributed by atoms with van der Waals surface area (Å²) in [5.41, 5.74) is 6.29. The molecule has 0 atom stereocenters. The monoisotopic (exact) mass is 355 g/mol. The van der Waals surface area contributed by atoms with Crippen molar-refractivity contribution in [2.75, 3.05) is 0 Å². The van der Waals surface area contributed by atoms with Crippen molar-refractivity contribution in [1.82, 2.24) is 9.99 Å². The van der Waals surface area contributed by atoms with Gasteiger partial charge >= 0.3 is 5.91 Å². The zero-order valence-corrected chi connectivity index (χ0v) is 15.0. The van der Waals surface area contributed by atoms with E-state index in [9.17, 15) is 4.79 Å². The molecule has 6 heteroatoms. The highest BCUT2D eigenvalue weighted by atomic mass is 35.5. The van der Waals surface area contributed by atoms with E-state index >= 15 is 0 Å². The van der Waals surface area contributed by atoms with Crippen molar-refractivity contribution in [3.63, 3.8) is 0 Å². The molecule has 0 saturated heterocycles. The molecule has 128 valence electrons. The van der Waals surface area contributed by atoms with Gasteiger partial charge in [-0.3, -0.25) is 4.79 Å². The third kappa shape index (κ3) is 3.51. The number of carbonyl (C=O) groups excluding carboxylic acids is 1.